The summed E-state index contributed by atoms with van der Waals surface area (Å²) in [6, 6.07) is 84.2. The van der Waals surface area contributed by atoms with E-state index in [1.54, 1.807) is 0 Å². The van der Waals surface area contributed by atoms with Gasteiger partial charge >= 0.3 is 0 Å². The zero-order valence-corrected chi connectivity index (χ0v) is 44.8. The van der Waals surface area contributed by atoms with E-state index in [1.165, 1.54) is 11.1 Å². The number of rotatable bonds is 20. The van der Waals surface area contributed by atoms with E-state index in [2.05, 4.69) is 217 Å². The molecule has 0 radical (unpaired) electrons. The third-order valence-corrected chi connectivity index (χ3v) is 13.5. The summed E-state index contributed by atoms with van der Waals surface area (Å²) in [6.45, 7) is 14.7. The number of hydrogen-bond acceptors (Lipinski definition) is 7. The first kappa shape index (κ1) is 51.3. The minimum Gasteiger partial charge on any atom is -0.494 e. The molecule has 0 amide bonds. The Labute approximate surface area is 454 Å². The molecule has 0 aliphatic heterocycles. The number of hydrogen-bond donors (Lipinski definition) is 0. The Bertz CT molecular complexity index is 3260. The van der Waals surface area contributed by atoms with Gasteiger partial charge in [-0.2, -0.15) is 0 Å². The molecule has 10 aromatic carbocycles. The van der Waals surface area contributed by atoms with Gasteiger partial charge < -0.3 is 33.6 Å². The van der Waals surface area contributed by atoms with Gasteiger partial charge in [0.25, 0.3) is 0 Å². The molecule has 0 heterocycles. The normalized spacial score (nSPS) is 10.9. The highest BCUT2D eigenvalue weighted by atomic mass is 16.5. The minimum absolute atomic E-state index is 0.609. The Morgan fingerprint density at radius 1 is 0.221 bits per heavy atom. The third-order valence-electron chi connectivity index (χ3n) is 13.5. The lowest BCUT2D eigenvalue weighted by atomic mass is 9.93. The zero-order chi connectivity index (χ0) is 53.1. The van der Waals surface area contributed by atoms with Gasteiger partial charge in [-0.25, -0.2) is 0 Å². The van der Waals surface area contributed by atoms with Crippen molar-refractivity contribution >= 4 is 51.2 Å². The maximum absolute atomic E-state index is 5.83. The van der Waals surface area contributed by atoms with Crippen molar-refractivity contribution in [1.29, 1.82) is 0 Å². The largest absolute Gasteiger partial charge is 0.494 e. The molecule has 0 fully saturated rings. The molecule has 0 bridgehead atoms. The molecule has 0 spiro atoms. The highest BCUT2D eigenvalue weighted by Crippen LogP contribution is 2.42. The van der Waals surface area contributed by atoms with Crippen LogP contribution in [-0.2, 0) is 0 Å². The Morgan fingerprint density at radius 2 is 0.390 bits per heavy atom. The van der Waals surface area contributed by atoms with E-state index >= 15 is 0 Å². The molecular weight excluding hydrogens is 947 g/mol. The van der Waals surface area contributed by atoms with E-state index in [4.69, 9.17) is 18.9 Å². The van der Waals surface area contributed by atoms with Crippen LogP contribution < -0.4 is 33.6 Å². The quantitative estimate of drug-likeness (QED) is 0.0754. The Balaban J connectivity index is 1.05. The maximum atomic E-state index is 5.83. The van der Waals surface area contributed by atoms with Crippen LogP contribution in [0.15, 0.2) is 237 Å². The molecule has 384 valence electrons. The third kappa shape index (κ3) is 12.0. The van der Waals surface area contributed by atoms with Gasteiger partial charge in [-0.05, 0) is 251 Å². The first-order valence-corrected chi connectivity index (χ1v) is 26.7. The summed E-state index contributed by atoms with van der Waals surface area (Å²) in [4.78, 5) is 6.85. The van der Waals surface area contributed by atoms with Crippen LogP contribution in [0.2, 0.25) is 0 Å². The summed E-state index contributed by atoms with van der Waals surface area (Å²) >= 11 is 0. The predicted octanol–water partition coefficient (Wildman–Crippen LogP) is 19.3. The van der Waals surface area contributed by atoms with E-state index < -0.39 is 0 Å². The van der Waals surface area contributed by atoms with Crippen LogP contribution in [0.5, 0.6) is 23.0 Å². The second-order valence-electron chi connectivity index (χ2n) is 18.8. The van der Waals surface area contributed by atoms with Crippen molar-refractivity contribution in [1.82, 2.24) is 0 Å². The lowest BCUT2D eigenvalue weighted by molar-refractivity contribution is 0.340. The van der Waals surface area contributed by atoms with Crippen LogP contribution in [0.1, 0.15) is 38.8 Å². The Morgan fingerprint density at radius 3 is 0.571 bits per heavy atom. The minimum atomic E-state index is 0.609. The first-order chi connectivity index (χ1) is 37.8. The van der Waals surface area contributed by atoms with Crippen molar-refractivity contribution in [3.05, 3.63) is 248 Å². The molecule has 0 aliphatic carbocycles. The van der Waals surface area contributed by atoms with Gasteiger partial charge in [-0.15, -0.1) is 0 Å². The van der Waals surface area contributed by atoms with Crippen LogP contribution >= 0.6 is 0 Å². The summed E-state index contributed by atoms with van der Waals surface area (Å²) in [5, 5.41) is 0. The van der Waals surface area contributed by atoms with Gasteiger partial charge in [0, 0.05) is 51.2 Å². The van der Waals surface area contributed by atoms with Crippen LogP contribution in [-0.4, -0.2) is 26.4 Å². The topological polar surface area (TPSA) is 46.6 Å². The van der Waals surface area contributed by atoms with Gasteiger partial charge in [-0.3, -0.25) is 0 Å². The molecule has 7 heteroatoms. The summed E-state index contributed by atoms with van der Waals surface area (Å²) < 4.78 is 23.3. The summed E-state index contributed by atoms with van der Waals surface area (Å²) in [5.41, 5.74) is 18.5. The molecule has 0 saturated heterocycles. The number of aryl methyl sites for hydroxylation is 2. The smallest absolute Gasteiger partial charge is 0.119 e. The molecule has 0 unspecified atom stereocenters. The average molecular weight is 1010 g/mol. The van der Waals surface area contributed by atoms with Crippen molar-refractivity contribution in [2.75, 3.05) is 41.1 Å². The number of ether oxygens (including phenoxy) is 4. The van der Waals surface area contributed by atoms with Crippen molar-refractivity contribution in [2.45, 2.75) is 41.5 Å². The van der Waals surface area contributed by atoms with Gasteiger partial charge in [0.15, 0.2) is 0 Å². The monoisotopic (exact) mass is 1010 g/mol. The zero-order valence-electron chi connectivity index (χ0n) is 44.8. The summed E-state index contributed by atoms with van der Waals surface area (Å²) in [5.74, 6) is 3.38. The molecule has 10 aromatic rings. The second kappa shape index (κ2) is 24.0. The van der Waals surface area contributed by atoms with Gasteiger partial charge in [0.05, 0.1) is 26.4 Å². The first-order valence-electron chi connectivity index (χ1n) is 26.7. The standard InChI is InChI=1S/C70H65N3O4/c1-7-74-67-39-31-63(32-40-67)71(58-21-11-50(5)12-22-58)60-25-15-52(16-26-60)55-47-56(53-17-27-61(28-18-53)72(59-23-13-51(6)14-24-59)64-33-41-68(42-34-64)75-8-2)49-57(48-55)54-19-29-62(30-20-54)73(65-35-43-69(44-36-65)76-9-3)66-37-45-70(46-38-66)77-10-4/h11-49H,7-10H2,1-6H3. The fourth-order valence-corrected chi connectivity index (χ4v) is 9.70. The van der Waals surface area contributed by atoms with E-state index in [0.29, 0.717) is 26.4 Å². The molecule has 77 heavy (non-hydrogen) atoms. The van der Waals surface area contributed by atoms with Crippen LogP contribution in [0.4, 0.5) is 51.2 Å². The number of benzene rings is 10. The molecule has 0 aliphatic rings. The van der Waals surface area contributed by atoms with Gasteiger partial charge in [-0.1, -0.05) is 71.8 Å². The highest BCUT2D eigenvalue weighted by molar-refractivity contribution is 5.86. The molecular formula is C70H65N3O4. The van der Waals surface area contributed by atoms with E-state index in [1.807, 2.05) is 76.2 Å². The predicted molar refractivity (Wildman–Crippen MR) is 321 cm³/mol. The summed E-state index contributed by atoms with van der Waals surface area (Å²) in [7, 11) is 0. The highest BCUT2D eigenvalue weighted by Gasteiger charge is 2.18. The molecule has 10 rings (SSSR count). The summed E-state index contributed by atoms with van der Waals surface area (Å²) in [6.07, 6.45) is 0. The molecule has 0 aromatic heterocycles. The van der Waals surface area contributed by atoms with Gasteiger partial charge in [0.1, 0.15) is 23.0 Å². The van der Waals surface area contributed by atoms with Crippen molar-refractivity contribution in [2.24, 2.45) is 0 Å². The average Bonchev–Trinajstić information content (AvgIpc) is 3.48. The van der Waals surface area contributed by atoms with E-state index in [0.717, 1.165) is 108 Å². The number of anilines is 9. The SMILES string of the molecule is CCOc1ccc(N(c2ccc(C)cc2)c2ccc(-c3cc(-c4ccc(N(c5ccc(C)cc5)c5ccc(OCC)cc5)cc4)cc(-c4ccc(N(c5ccc(OCC)cc5)c5ccc(OCC)cc5)cc4)c3)cc2)cc1. The maximum Gasteiger partial charge on any atom is 0.119 e. The molecule has 7 nitrogen and oxygen atoms in total. The lowest BCUT2D eigenvalue weighted by Gasteiger charge is -2.26. The molecule has 0 saturated carbocycles. The second-order valence-corrected chi connectivity index (χ2v) is 18.8. The van der Waals surface area contributed by atoms with Crippen molar-refractivity contribution < 1.29 is 18.9 Å². The van der Waals surface area contributed by atoms with E-state index in [-0.39, 0.29) is 0 Å². The van der Waals surface area contributed by atoms with Crippen molar-refractivity contribution in [3.8, 4) is 56.4 Å². The molecule has 0 atom stereocenters. The van der Waals surface area contributed by atoms with E-state index in [9.17, 15) is 0 Å². The van der Waals surface area contributed by atoms with Crippen LogP contribution in [0, 0.1) is 13.8 Å². The number of nitrogens with zero attached hydrogens (tertiary/aromatic N) is 3. The van der Waals surface area contributed by atoms with Crippen LogP contribution in [0.25, 0.3) is 33.4 Å². The van der Waals surface area contributed by atoms with Crippen molar-refractivity contribution in [3.63, 3.8) is 0 Å². The molecule has 0 N–H and O–H groups in total. The lowest BCUT2D eigenvalue weighted by Crippen LogP contribution is -2.10. The Hall–Kier alpha value is -9.20. The van der Waals surface area contributed by atoms with Crippen LogP contribution in [0.3, 0.4) is 0 Å². The fourth-order valence-electron chi connectivity index (χ4n) is 9.70. The van der Waals surface area contributed by atoms with Gasteiger partial charge in [0.2, 0.25) is 0 Å². The fraction of sp³-hybridized carbons (Fsp3) is 0.143. The Kier molecular flexibility index (Phi) is 16.0.